The van der Waals surface area contributed by atoms with Crippen LogP contribution in [0.4, 0.5) is 20.2 Å². The van der Waals surface area contributed by atoms with Crippen LogP contribution in [0.2, 0.25) is 5.02 Å². The number of nitrogens with two attached hydrogens (primary N) is 1. The van der Waals surface area contributed by atoms with Gasteiger partial charge in [0.25, 0.3) is 0 Å². The van der Waals surface area contributed by atoms with Crippen LogP contribution in [0, 0.1) is 11.6 Å². The van der Waals surface area contributed by atoms with Gasteiger partial charge in [-0.3, -0.25) is 0 Å². The highest BCUT2D eigenvalue weighted by atomic mass is 79.9. The molecule has 2 aromatic carbocycles. The molecular weight excluding hydrogens is 370 g/mol. The smallest absolute Gasteiger partial charge is 0.150 e. The number of halogens is 4. The topological polar surface area (TPSA) is 38.0 Å². The summed E-state index contributed by atoms with van der Waals surface area (Å²) in [6.07, 6.45) is 0. The van der Waals surface area contributed by atoms with E-state index in [1.54, 1.807) is 18.2 Å². The molecule has 104 valence electrons. The van der Waals surface area contributed by atoms with E-state index in [1.807, 2.05) is 0 Å². The summed E-state index contributed by atoms with van der Waals surface area (Å²) in [6, 6.07) is 6.86. The fourth-order valence-electron chi connectivity index (χ4n) is 1.68. The van der Waals surface area contributed by atoms with Gasteiger partial charge in [0, 0.05) is 10.5 Å². The van der Waals surface area contributed by atoms with Gasteiger partial charge in [0.2, 0.25) is 0 Å². The molecule has 0 aromatic heterocycles. The molecule has 20 heavy (non-hydrogen) atoms. The third-order valence-corrected chi connectivity index (χ3v) is 3.67. The molecule has 2 rings (SSSR count). The van der Waals surface area contributed by atoms with Gasteiger partial charge in [-0.2, -0.15) is 0 Å². The quantitative estimate of drug-likeness (QED) is 0.758. The van der Waals surface area contributed by atoms with Gasteiger partial charge in [0.15, 0.2) is 5.82 Å². The van der Waals surface area contributed by atoms with Crippen LogP contribution < -0.4 is 11.1 Å². The minimum absolute atomic E-state index is 0.0752. The number of hydrogen-bond acceptors (Lipinski definition) is 2. The summed E-state index contributed by atoms with van der Waals surface area (Å²) >= 11 is 14.0. The van der Waals surface area contributed by atoms with Crippen LogP contribution in [0.1, 0.15) is 5.56 Å². The number of nitrogens with one attached hydrogen (secondary N) is 1. The molecule has 0 unspecified atom stereocenters. The van der Waals surface area contributed by atoms with Gasteiger partial charge in [-0.15, -0.1) is 0 Å². The van der Waals surface area contributed by atoms with E-state index < -0.39 is 11.6 Å². The number of rotatable bonds is 3. The molecule has 0 saturated heterocycles. The molecule has 0 aliphatic rings. The Hall–Kier alpha value is -1.24. The van der Waals surface area contributed by atoms with Crippen molar-refractivity contribution in [2.24, 2.45) is 5.73 Å². The van der Waals surface area contributed by atoms with Crippen molar-refractivity contribution in [2.75, 3.05) is 5.32 Å². The molecule has 0 amide bonds. The fraction of sp³-hybridized carbons (Fsp3) is 0. The lowest BCUT2D eigenvalue weighted by Gasteiger charge is -2.14. The Morgan fingerprint density at radius 3 is 2.60 bits per heavy atom. The number of benzene rings is 2. The van der Waals surface area contributed by atoms with E-state index in [-0.39, 0.29) is 15.1 Å². The van der Waals surface area contributed by atoms with E-state index in [1.165, 1.54) is 0 Å². The van der Waals surface area contributed by atoms with E-state index in [9.17, 15) is 8.78 Å². The summed E-state index contributed by atoms with van der Waals surface area (Å²) in [5.74, 6) is -1.42. The molecule has 0 atom stereocenters. The van der Waals surface area contributed by atoms with Gasteiger partial charge < -0.3 is 11.1 Å². The molecule has 0 aliphatic heterocycles. The third kappa shape index (κ3) is 3.08. The second-order valence-corrected chi connectivity index (χ2v) is 5.60. The Labute approximate surface area is 133 Å². The van der Waals surface area contributed by atoms with Gasteiger partial charge >= 0.3 is 0 Å². The molecule has 7 heteroatoms. The standard InChI is InChI=1S/C13H8BrClF2N2S/c14-7-4-6(16)5-9(17)12(7)19-10-3-1-2-8(15)11(10)13(18)20/h1-5,19H,(H2,18,20). The lowest BCUT2D eigenvalue weighted by atomic mass is 10.1. The van der Waals surface area contributed by atoms with E-state index in [0.717, 1.165) is 12.1 Å². The first-order valence-electron chi connectivity index (χ1n) is 5.40. The van der Waals surface area contributed by atoms with Crippen LogP contribution >= 0.6 is 39.7 Å². The van der Waals surface area contributed by atoms with Gasteiger partial charge in [-0.05, 0) is 34.1 Å². The predicted molar refractivity (Wildman–Crippen MR) is 84.7 cm³/mol. The Balaban J connectivity index is 2.51. The molecule has 2 nitrogen and oxygen atoms in total. The number of anilines is 2. The zero-order valence-corrected chi connectivity index (χ0v) is 13.0. The maximum Gasteiger partial charge on any atom is 0.150 e. The normalized spacial score (nSPS) is 10.4. The maximum absolute atomic E-state index is 13.8. The molecule has 0 spiro atoms. The van der Waals surface area contributed by atoms with E-state index in [2.05, 4.69) is 21.2 Å². The van der Waals surface area contributed by atoms with Crippen molar-refractivity contribution in [2.45, 2.75) is 0 Å². The van der Waals surface area contributed by atoms with Crippen molar-refractivity contribution in [1.82, 2.24) is 0 Å². The highest BCUT2D eigenvalue weighted by molar-refractivity contribution is 9.10. The Bertz CT molecular complexity index is 671. The first-order chi connectivity index (χ1) is 9.40. The Morgan fingerprint density at radius 1 is 1.30 bits per heavy atom. The third-order valence-electron chi connectivity index (χ3n) is 2.53. The first kappa shape index (κ1) is 15.2. The largest absolute Gasteiger partial charge is 0.389 e. The summed E-state index contributed by atoms with van der Waals surface area (Å²) < 4.78 is 27.1. The van der Waals surface area contributed by atoms with Crippen molar-refractivity contribution < 1.29 is 8.78 Å². The molecule has 0 radical (unpaired) electrons. The van der Waals surface area contributed by atoms with Gasteiger partial charge in [-0.1, -0.05) is 29.9 Å². The summed E-state index contributed by atoms with van der Waals surface area (Å²) in [7, 11) is 0. The second kappa shape index (κ2) is 6.03. The number of hydrogen-bond donors (Lipinski definition) is 2. The highest BCUT2D eigenvalue weighted by Gasteiger charge is 2.14. The lowest BCUT2D eigenvalue weighted by Crippen LogP contribution is -2.13. The van der Waals surface area contributed by atoms with Crippen LogP contribution in [0.15, 0.2) is 34.8 Å². The Kier molecular flexibility index (Phi) is 4.57. The van der Waals surface area contributed by atoms with Crippen molar-refractivity contribution >= 4 is 56.1 Å². The van der Waals surface area contributed by atoms with Gasteiger partial charge in [0.05, 0.1) is 22.0 Å². The average molecular weight is 378 g/mol. The lowest BCUT2D eigenvalue weighted by molar-refractivity contribution is 0.584. The van der Waals surface area contributed by atoms with Crippen LogP contribution in [0.3, 0.4) is 0 Å². The van der Waals surface area contributed by atoms with Crippen molar-refractivity contribution in [3.63, 3.8) is 0 Å². The molecule has 3 N–H and O–H groups in total. The minimum Gasteiger partial charge on any atom is -0.389 e. The first-order valence-corrected chi connectivity index (χ1v) is 6.98. The van der Waals surface area contributed by atoms with Crippen molar-refractivity contribution in [3.8, 4) is 0 Å². The second-order valence-electron chi connectivity index (χ2n) is 3.90. The van der Waals surface area contributed by atoms with Crippen molar-refractivity contribution in [3.05, 3.63) is 57.0 Å². The average Bonchev–Trinajstić information content (AvgIpc) is 2.33. The molecule has 0 saturated carbocycles. The zero-order chi connectivity index (χ0) is 14.9. The predicted octanol–water partition coefficient (Wildman–Crippen LogP) is 4.76. The van der Waals surface area contributed by atoms with E-state index >= 15 is 0 Å². The molecular formula is C13H8BrClF2N2S. The minimum atomic E-state index is -0.745. The molecule has 0 bridgehead atoms. The molecule has 0 heterocycles. The van der Waals surface area contributed by atoms with Crippen LogP contribution in [0.5, 0.6) is 0 Å². The van der Waals surface area contributed by atoms with Crippen LogP contribution in [0.25, 0.3) is 0 Å². The number of thiocarbonyl (C=S) groups is 1. The monoisotopic (exact) mass is 376 g/mol. The SMILES string of the molecule is NC(=S)c1c(Cl)cccc1Nc1c(F)cc(F)cc1Br. The van der Waals surface area contributed by atoms with Crippen LogP contribution in [-0.2, 0) is 0 Å². The Morgan fingerprint density at radius 2 is 2.00 bits per heavy atom. The van der Waals surface area contributed by atoms with Gasteiger partial charge in [-0.25, -0.2) is 8.78 Å². The summed E-state index contributed by atoms with van der Waals surface area (Å²) in [6.45, 7) is 0. The van der Waals surface area contributed by atoms with Crippen molar-refractivity contribution in [1.29, 1.82) is 0 Å². The summed E-state index contributed by atoms with van der Waals surface area (Å²) in [5, 5.41) is 3.17. The fourth-order valence-corrected chi connectivity index (χ4v) is 2.73. The molecule has 0 aliphatic carbocycles. The zero-order valence-electron chi connectivity index (χ0n) is 9.88. The highest BCUT2D eigenvalue weighted by Crippen LogP contribution is 2.33. The molecule has 2 aromatic rings. The van der Waals surface area contributed by atoms with Gasteiger partial charge in [0.1, 0.15) is 10.8 Å². The molecule has 0 fully saturated rings. The van der Waals surface area contributed by atoms with Crippen LogP contribution in [-0.4, -0.2) is 4.99 Å². The van der Waals surface area contributed by atoms with E-state index in [4.69, 9.17) is 29.6 Å². The maximum atomic E-state index is 13.8. The summed E-state index contributed by atoms with van der Waals surface area (Å²) in [4.78, 5) is 0.0803. The summed E-state index contributed by atoms with van der Waals surface area (Å²) in [5.41, 5.74) is 6.53. The van der Waals surface area contributed by atoms with E-state index in [0.29, 0.717) is 16.3 Å².